The molecule has 0 bridgehead atoms. The van der Waals surface area contributed by atoms with Gasteiger partial charge in [0.1, 0.15) is 0 Å². The molecule has 0 fully saturated rings. The number of para-hydroxylation sites is 3. The van der Waals surface area contributed by atoms with Crippen molar-refractivity contribution in [3.8, 4) is 56.4 Å². The van der Waals surface area contributed by atoms with Gasteiger partial charge in [-0.25, -0.2) is 4.98 Å². The predicted molar refractivity (Wildman–Crippen MR) is 232 cm³/mol. The van der Waals surface area contributed by atoms with E-state index in [0.717, 1.165) is 46.6 Å². The second kappa shape index (κ2) is 14.8. The fourth-order valence-corrected chi connectivity index (χ4v) is 8.11. The van der Waals surface area contributed by atoms with Crippen molar-refractivity contribution in [1.29, 1.82) is 0 Å². The maximum absolute atomic E-state index is 5.23. The van der Waals surface area contributed by atoms with Gasteiger partial charge in [-0.05, 0) is 90.6 Å². The summed E-state index contributed by atoms with van der Waals surface area (Å²) in [6.07, 6.45) is 4.66. The highest BCUT2D eigenvalue weighted by molar-refractivity contribution is 6.01. The molecular weight excluding hydrogens is 667 g/mol. The minimum Gasteiger partial charge on any atom is -0.307 e. The molecule has 0 saturated carbocycles. The van der Waals surface area contributed by atoms with Crippen molar-refractivity contribution in [2.24, 2.45) is 0 Å². The molecule has 0 spiro atoms. The summed E-state index contributed by atoms with van der Waals surface area (Å²) < 4.78 is 4.98. The third-order valence-electron chi connectivity index (χ3n) is 11.0. The molecule has 10 rings (SSSR count). The highest BCUT2D eigenvalue weighted by Gasteiger charge is 2.31. The van der Waals surface area contributed by atoms with Crippen LogP contribution in [0, 0.1) is 6.92 Å². The lowest BCUT2D eigenvalue weighted by molar-refractivity contribution is 0.886. The van der Waals surface area contributed by atoms with Crippen molar-refractivity contribution in [2.45, 2.75) is 46.5 Å². The zero-order valence-electron chi connectivity index (χ0n) is 31.8. The molecule has 3 heteroatoms. The van der Waals surface area contributed by atoms with Gasteiger partial charge in [-0.3, -0.25) is 0 Å². The van der Waals surface area contributed by atoms with Crippen LogP contribution in [0.5, 0.6) is 0 Å². The Labute approximate surface area is 324 Å². The van der Waals surface area contributed by atoms with E-state index in [1.165, 1.54) is 74.0 Å². The van der Waals surface area contributed by atoms with Gasteiger partial charge in [0, 0.05) is 33.3 Å². The maximum Gasteiger partial charge on any atom is 0.0744 e. The number of hydrogen-bond acceptors (Lipinski definition) is 1. The molecule has 0 atom stereocenters. The Morgan fingerprint density at radius 3 is 1.38 bits per heavy atom. The molecule has 1 aliphatic rings. The Balaban J connectivity index is 0.000000949. The molecule has 0 saturated heterocycles. The Kier molecular flexibility index (Phi) is 9.21. The number of hydrogen-bond donors (Lipinski definition) is 0. The Morgan fingerprint density at radius 1 is 0.436 bits per heavy atom. The van der Waals surface area contributed by atoms with Gasteiger partial charge in [0.2, 0.25) is 0 Å². The van der Waals surface area contributed by atoms with E-state index in [-0.39, 0.29) is 0 Å². The molecule has 1 aliphatic carbocycles. The molecule has 0 N–H and O–H groups in total. The summed E-state index contributed by atoms with van der Waals surface area (Å²) in [7, 11) is 0. The highest BCUT2D eigenvalue weighted by Crippen LogP contribution is 2.46. The van der Waals surface area contributed by atoms with Crippen molar-refractivity contribution >= 4 is 21.8 Å². The number of unbranched alkanes of at least 4 members (excludes halogenated alkanes) is 1. The summed E-state index contributed by atoms with van der Waals surface area (Å²) in [5.74, 6) is 0. The van der Waals surface area contributed by atoms with E-state index in [4.69, 9.17) is 4.98 Å². The van der Waals surface area contributed by atoms with Crippen molar-refractivity contribution in [3.05, 3.63) is 187 Å². The number of aryl methyl sites for hydroxylation is 3. The number of fused-ring (bicyclic) bond motifs is 7. The zero-order valence-corrected chi connectivity index (χ0v) is 31.8. The van der Waals surface area contributed by atoms with Crippen LogP contribution in [0.1, 0.15) is 43.4 Å². The Bertz CT molecular complexity index is 2750. The van der Waals surface area contributed by atoms with Crippen LogP contribution >= 0.6 is 0 Å². The van der Waals surface area contributed by atoms with E-state index in [1.807, 2.05) is 0 Å². The third-order valence-corrected chi connectivity index (χ3v) is 11.0. The van der Waals surface area contributed by atoms with Crippen LogP contribution in [-0.2, 0) is 12.8 Å². The lowest BCUT2D eigenvalue weighted by Crippen LogP contribution is -2.09. The quantitative estimate of drug-likeness (QED) is 0.168. The standard InChI is InChI=1S/C48H35N3.C4H10/c1-32-20-22-34(23-21-32)43-30-36(33-12-4-2-5-13-33)31-44(49-43)35-24-26-38(27-25-35)51-46-19-11-9-17-40(46)42-29-28-41-39-16-8-10-18-45(39)50(47(41)48(42)51)37-14-6-3-7-15-37;1-3-4-2/h2-27,30-31H,28-29H2,1H3;3-4H2,1-2H3. The van der Waals surface area contributed by atoms with Gasteiger partial charge >= 0.3 is 0 Å². The first-order valence-electron chi connectivity index (χ1n) is 19.7. The lowest BCUT2D eigenvalue weighted by Gasteiger charge is -2.21. The first-order chi connectivity index (χ1) is 27.1. The van der Waals surface area contributed by atoms with Crippen LogP contribution in [0.15, 0.2) is 170 Å². The van der Waals surface area contributed by atoms with Crippen LogP contribution in [-0.4, -0.2) is 14.1 Å². The average Bonchev–Trinajstić information content (AvgIpc) is 3.78. The molecular formula is C52H45N3. The Hall–Kier alpha value is -6.45. The fourth-order valence-electron chi connectivity index (χ4n) is 8.11. The minimum absolute atomic E-state index is 0.962. The van der Waals surface area contributed by atoms with Gasteiger partial charge in [0.25, 0.3) is 0 Å². The average molecular weight is 712 g/mol. The molecule has 55 heavy (non-hydrogen) atoms. The third kappa shape index (κ3) is 6.26. The molecule has 0 unspecified atom stereocenters. The van der Waals surface area contributed by atoms with Crippen LogP contribution in [0.4, 0.5) is 0 Å². The summed E-state index contributed by atoms with van der Waals surface area (Å²) in [4.78, 5) is 5.23. The molecule has 0 amide bonds. The van der Waals surface area contributed by atoms with E-state index >= 15 is 0 Å². The highest BCUT2D eigenvalue weighted by atomic mass is 15.1. The van der Waals surface area contributed by atoms with Crippen molar-refractivity contribution < 1.29 is 0 Å². The molecule has 268 valence electrons. The maximum atomic E-state index is 5.23. The molecule has 9 aromatic rings. The SMILES string of the molecule is CCCC.Cc1ccc(-c2cc(-c3ccccc3)cc(-c3ccc(-n4c5c(c6ccccc64)CCc4c-5n(-c5ccccc5)c5ccccc45)cc3)n2)cc1. The summed E-state index contributed by atoms with van der Waals surface area (Å²) >= 11 is 0. The van der Waals surface area contributed by atoms with Crippen LogP contribution in [0.2, 0.25) is 0 Å². The second-order valence-corrected chi connectivity index (χ2v) is 14.6. The smallest absolute Gasteiger partial charge is 0.0744 e. The van der Waals surface area contributed by atoms with Crippen molar-refractivity contribution in [2.75, 3.05) is 0 Å². The molecule has 3 nitrogen and oxygen atoms in total. The van der Waals surface area contributed by atoms with Gasteiger partial charge in [-0.2, -0.15) is 0 Å². The summed E-state index contributed by atoms with van der Waals surface area (Å²) in [5.41, 5.74) is 18.0. The topological polar surface area (TPSA) is 22.8 Å². The molecule has 3 aromatic heterocycles. The van der Waals surface area contributed by atoms with Gasteiger partial charge in [0.05, 0.1) is 33.8 Å². The second-order valence-electron chi connectivity index (χ2n) is 14.6. The van der Waals surface area contributed by atoms with Crippen LogP contribution < -0.4 is 0 Å². The summed E-state index contributed by atoms with van der Waals surface area (Å²) in [6.45, 7) is 6.48. The Morgan fingerprint density at radius 2 is 0.873 bits per heavy atom. The molecule has 0 radical (unpaired) electrons. The van der Waals surface area contributed by atoms with Gasteiger partial charge in [0.15, 0.2) is 0 Å². The molecule has 3 heterocycles. The molecule has 6 aromatic carbocycles. The lowest BCUT2D eigenvalue weighted by atomic mass is 9.92. The number of benzene rings is 6. The van der Waals surface area contributed by atoms with Gasteiger partial charge < -0.3 is 9.13 Å². The van der Waals surface area contributed by atoms with Crippen LogP contribution in [0.3, 0.4) is 0 Å². The van der Waals surface area contributed by atoms with E-state index in [9.17, 15) is 0 Å². The van der Waals surface area contributed by atoms with Crippen molar-refractivity contribution in [3.63, 3.8) is 0 Å². The fraction of sp³-hybridized carbons (Fsp3) is 0.135. The normalized spacial score (nSPS) is 11.9. The van der Waals surface area contributed by atoms with Gasteiger partial charge in [-0.15, -0.1) is 0 Å². The number of aromatic nitrogens is 3. The van der Waals surface area contributed by atoms with E-state index in [1.54, 1.807) is 0 Å². The largest absolute Gasteiger partial charge is 0.307 e. The van der Waals surface area contributed by atoms with E-state index in [2.05, 4.69) is 200 Å². The number of rotatable bonds is 6. The first kappa shape index (κ1) is 34.3. The monoisotopic (exact) mass is 711 g/mol. The van der Waals surface area contributed by atoms with E-state index < -0.39 is 0 Å². The summed E-state index contributed by atoms with van der Waals surface area (Å²) in [5, 5.41) is 2.66. The summed E-state index contributed by atoms with van der Waals surface area (Å²) in [6, 6.07) is 61.3. The minimum atomic E-state index is 0.962. The van der Waals surface area contributed by atoms with Gasteiger partial charge in [-0.1, -0.05) is 154 Å². The zero-order chi connectivity index (χ0) is 37.3. The van der Waals surface area contributed by atoms with Crippen LogP contribution in [0.25, 0.3) is 78.2 Å². The number of pyridine rings is 1. The van der Waals surface area contributed by atoms with E-state index in [0.29, 0.717) is 0 Å². The predicted octanol–water partition coefficient (Wildman–Crippen LogP) is 13.9. The molecule has 0 aliphatic heterocycles. The first-order valence-corrected chi connectivity index (χ1v) is 19.7. The van der Waals surface area contributed by atoms with Crippen molar-refractivity contribution in [1.82, 2.24) is 14.1 Å². The number of nitrogens with zero attached hydrogens (tertiary/aromatic N) is 3.